The molecule has 1 amide bonds. The van der Waals surface area contributed by atoms with Gasteiger partial charge in [0, 0.05) is 13.1 Å². The number of carbonyl (C=O) groups is 1. The van der Waals surface area contributed by atoms with Crippen LogP contribution in [0.3, 0.4) is 0 Å². The van der Waals surface area contributed by atoms with E-state index in [-0.39, 0.29) is 6.04 Å². The number of nitrogens with zero attached hydrogens (tertiary/aromatic N) is 1. The average molecular weight is 253 g/mol. The van der Waals surface area contributed by atoms with Gasteiger partial charge in [0.25, 0.3) is 0 Å². The summed E-state index contributed by atoms with van der Waals surface area (Å²) in [5.74, 6) is 1.03. The monoisotopic (exact) mass is 253 g/mol. The Morgan fingerprint density at radius 1 is 1.28 bits per heavy atom. The largest absolute Gasteiger partial charge is 0.341 e. The average Bonchev–Trinajstić information content (AvgIpc) is 2.46. The maximum absolute atomic E-state index is 12.2. The predicted molar refractivity (Wildman–Crippen MR) is 73.5 cm³/mol. The molecule has 2 saturated heterocycles. The summed E-state index contributed by atoms with van der Waals surface area (Å²) in [5.41, 5.74) is 0. The molecule has 0 radical (unpaired) electrons. The van der Waals surface area contributed by atoms with E-state index in [2.05, 4.69) is 10.6 Å². The summed E-state index contributed by atoms with van der Waals surface area (Å²) in [6.45, 7) is 7.17. The van der Waals surface area contributed by atoms with Crippen LogP contribution in [0.5, 0.6) is 0 Å². The minimum absolute atomic E-state index is 0.0158. The highest BCUT2D eigenvalue weighted by Crippen LogP contribution is 2.12. The van der Waals surface area contributed by atoms with Crippen LogP contribution in [-0.4, -0.2) is 49.6 Å². The summed E-state index contributed by atoms with van der Waals surface area (Å²) in [4.78, 5) is 14.3. The van der Waals surface area contributed by atoms with E-state index in [1.54, 1.807) is 0 Å². The lowest BCUT2D eigenvalue weighted by Crippen LogP contribution is -2.48. The van der Waals surface area contributed by atoms with Gasteiger partial charge in [-0.3, -0.25) is 4.79 Å². The van der Waals surface area contributed by atoms with Crippen LogP contribution in [0.25, 0.3) is 0 Å². The van der Waals surface area contributed by atoms with Gasteiger partial charge in [0.15, 0.2) is 0 Å². The SMILES string of the molecule is CC(NCC1CCNCC1)C(=O)N1CCCCC1. The van der Waals surface area contributed by atoms with Crippen molar-refractivity contribution in [2.45, 2.75) is 45.1 Å². The Balaban J connectivity index is 1.69. The summed E-state index contributed by atoms with van der Waals surface area (Å²) in [6, 6.07) is -0.0158. The molecule has 0 saturated carbocycles. The fourth-order valence-electron chi connectivity index (χ4n) is 2.90. The van der Waals surface area contributed by atoms with Gasteiger partial charge in [-0.1, -0.05) is 0 Å². The van der Waals surface area contributed by atoms with Gasteiger partial charge in [-0.05, 0) is 64.6 Å². The smallest absolute Gasteiger partial charge is 0.239 e. The predicted octanol–water partition coefficient (Wildman–Crippen LogP) is 0.977. The molecule has 2 fully saturated rings. The first-order chi connectivity index (χ1) is 8.77. The summed E-state index contributed by atoms with van der Waals surface area (Å²) in [5, 5.41) is 6.80. The normalized spacial score (nSPS) is 23.9. The summed E-state index contributed by atoms with van der Waals surface area (Å²) >= 11 is 0. The van der Waals surface area contributed by atoms with E-state index in [1.165, 1.54) is 32.1 Å². The first-order valence-electron chi connectivity index (χ1n) is 7.50. The molecular formula is C14H27N3O. The molecule has 4 heteroatoms. The Morgan fingerprint density at radius 3 is 2.61 bits per heavy atom. The first kappa shape index (κ1) is 13.8. The Hall–Kier alpha value is -0.610. The molecule has 0 aromatic heterocycles. The molecule has 104 valence electrons. The summed E-state index contributed by atoms with van der Waals surface area (Å²) in [7, 11) is 0. The van der Waals surface area contributed by atoms with Gasteiger partial charge in [-0.2, -0.15) is 0 Å². The van der Waals surface area contributed by atoms with Crippen LogP contribution in [0, 0.1) is 5.92 Å². The van der Waals surface area contributed by atoms with Gasteiger partial charge in [-0.25, -0.2) is 0 Å². The number of piperidine rings is 2. The molecule has 2 aliphatic heterocycles. The molecule has 0 bridgehead atoms. The Labute approximate surface area is 110 Å². The van der Waals surface area contributed by atoms with Gasteiger partial charge in [0.1, 0.15) is 0 Å². The maximum Gasteiger partial charge on any atom is 0.239 e. The van der Waals surface area contributed by atoms with Crippen LogP contribution in [-0.2, 0) is 4.79 Å². The van der Waals surface area contributed by atoms with Crippen LogP contribution < -0.4 is 10.6 Å². The number of amides is 1. The van der Waals surface area contributed by atoms with Crippen molar-refractivity contribution in [2.75, 3.05) is 32.7 Å². The molecule has 2 aliphatic rings. The molecule has 2 N–H and O–H groups in total. The standard InChI is InChI=1S/C14H27N3O/c1-12(14(18)17-9-3-2-4-10-17)16-11-13-5-7-15-8-6-13/h12-13,15-16H,2-11H2,1H3. The van der Waals surface area contributed by atoms with Crippen molar-refractivity contribution in [3.05, 3.63) is 0 Å². The molecule has 1 atom stereocenters. The van der Waals surface area contributed by atoms with E-state index in [4.69, 9.17) is 0 Å². The zero-order valence-electron chi connectivity index (χ0n) is 11.6. The molecule has 0 aliphatic carbocycles. The molecule has 18 heavy (non-hydrogen) atoms. The summed E-state index contributed by atoms with van der Waals surface area (Å²) in [6.07, 6.45) is 6.09. The van der Waals surface area contributed by atoms with E-state index in [1.807, 2.05) is 11.8 Å². The van der Waals surface area contributed by atoms with Gasteiger partial charge >= 0.3 is 0 Å². The quantitative estimate of drug-likeness (QED) is 0.785. The topological polar surface area (TPSA) is 44.4 Å². The number of carbonyl (C=O) groups excluding carboxylic acids is 1. The zero-order valence-corrected chi connectivity index (χ0v) is 11.6. The number of nitrogens with one attached hydrogen (secondary N) is 2. The molecule has 2 rings (SSSR count). The van der Waals surface area contributed by atoms with Crippen LogP contribution in [0.15, 0.2) is 0 Å². The molecule has 2 heterocycles. The lowest BCUT2D eigenvalue weighted by atomic mass is 9.98. The Bertz CT molecular complexity index is 258. The minimum Gasteiger partial charge on any atom is -0.341 e. The second kappa shape index (κ2) is 7.10. The van der Waals surface area contributed by atoms with Crippen molar-refractivity contribution in [1.82, 2.24) is 15.5 Å². The van der Waals surface area contributed by atoms with Crippen molar-refractivity contribution < 1.29 is 4.79 Å². The lowest BCUT2D eigenvalue weighted by Gasteiger charge is -2.30. The van der Waals surface area contributed by atoms with E-state index in [9.17, 15) is 4.79 Å². The molecule has 0 aromatic carbocycles. The van der Waals surface area contributed by atoms with Gasteiger partial charge in [0.2, 0.25) is 5.91 Å². The third kappa shape index (κ3) is 3.95. The number of likely N-dealkylation sites (tertiary alicyclic amines) is 1. The molecule has 0 aromatic rings. The molecule has 0 spiro atoms. The molecule has 1 unspecified atom stereocenters. The second-order valence-corrected chi connectivity index (χ2v) is 5.71. The molecule has 4 nitrogen and oxygen atoms in total. The van der Waals surface area contributed by atoms with Gasteiger partial charge in [-0.15, -0.1) is 0 Å². The van der Waals surface area contributed by atoms with E-state index < -0.39 is 0 Å². The van der Waals surface area contributed by atoms with Crippen LogP contribution in [0.4, 0.5) is 0 Å². The Kier molecular flexibility index (Phi) is 5.45. The highest BCUT2D eigenvalue weighted by molar-refractivity contribution is 5.81. The lowest BCUT2D eigenvalue weighted by molar-refractivity contribution is -0.134. The van der Waals surface area contributed by atoms with Gasteiger partial charge in [0.05, 0.1) is 6.04 Å². The number of hydrogen-bond donors (Lipinski definition) is 2. The van der Waals surface area contributed by atoms with Crippen molar-refractivity contribution in [3.63, 3.8) is 0 Å². The van der Waals surface area contributed by atoms with Crippen LogP contribution in [0.2, 0.25) is 0 Å². The van der Waals surface area contributed by atoms with E-state index in [0.717, 1.165) is 38.6 Å². The first-order valence-corrected chi connectivity index (χ1v) is 7.50. The molecular weight excluding hydrogens is 226 g/mol. The number of rotatable bonds is 4. The van der Waals surface area contributed by atoms with Crippen molar-refractivity contribution in [3.8, 4) is 0 Å². The highest BCUT2D eigenvalue weighted by atomic mass is 16.2. The Morgan fingerprint density at radius 2 is 1.94 bits per heavy atom. The minimum atomic E-state index is -0.0158. The fourth-order valence-corrected chi connectivity index (χ4v) is 2.90. The highest BCUT2D eigenvalue weighted by Gasteiger charge is 2.22. The van der Waals surface area contributed by atoms with Crippen molar-refractivity contribution >= 4 is 5.91 Å². The zero-order chi connectivity index (χ0) is 12.8. The van der Waals surface area contributed by atoms with E-state index in [0.29, 0.717) is 5.91 Å². The summed E-state index contributed by atoms with van der Waals surface area (Å²) < 4.78 is 0. The third-order valence-electron chi connectivity index (χ3n) is 4.21. The van der Waals surface area contributed by atoms with Crippen LogP contribution >= 0.6 is 0 Å². The van der Waals surface area contributed by atoms with Crippen molar-refractivity contribution in [1.29, 1.82) is 0 Å². The fraction of sp³-hybridized carbons (Fsp3) is 0.929. The van der Waals surface area contributed by atoms with Crippen molar-refractivity contribution in [2.24, 2.45) is 5.92 Å². The third-order valence-corrected chi connectivity index (χ3v) is 4.21. The van der Waals surface area contributed by atoms with Gasteiger partial charge < -0.3 is 15.5 Å². The van der Waals surface area contributed by atoms with E-state index >= 15 is 0 Å². The maximum atomic E-state index is 12.2. The second-order valence-electron chi connectivity index (χ2n) is 5.71. The number of hydrogen-bond acceptors (Lipinski definition) is 3. The van der Waals surface area contributed by atoms with Crippen LogP contribution in [0.1, 0.15) is 39.0 Å².